The van der Waals surface area contributed by atoms with Crippen LogP contribution in [0.3, 0.4) is 0 Å². The van der Waals surface area contributed by atoms with Crippen LogP contribution in [0.15, 0.2) is 71.8 Å². The number of ether oxygens (including phenoxy) is 1. The Balaban J connectivity index is 1.74. The van der Waals surface area contributed by atoms with E-state index in [-0.39, 0.29) is 12.3 Å². The molecule has 0 aliphatic rings. The van der Waals surface area contributed by atoms with Gasteiger partial charge in [0.2, 0.25) is 5.89 Å². The highest BCUT2D eigenvalue weighted by Gasteiger charge is 2.12. The van der Waals surface area contributed by atoms with Crippen LogP contribution in [-0.4, -0.2) is 9.91 Å². The first kappa shape index (κ1) is 16.4. The van der Waals surface area contributed by atoms with Gasteiger partial charge in [-0.3, -0.25) is 10.1 Å². The van der Waals surface area contributed by atoms with Crippen molar-refractivity contribution >= 4 is 5.69 Å². The van der Waals surface area contributed by atoms with E-state index in [1.807, 2.05) is 30.3 Å². The monoisotopic (exact) mass is 336 g/mol. The highest BCUT2D eigenvalue weighted by atomic mass is 16.6. The Bertz CT molecular complexity index is 887. The third-order valence-corrected chi connectivity index (χ3v) is 3.58. The van der Waals surface area contributed by atoms with Crippen LogP contribution in [0, 0.1) is 10.1 Å². The number of hydrogen-bond donors (Lipinski definition) is 0. The molecule has 0 aliphatic heterocycles. The van der Waals surface area contributed by atoms with Gasteiger partial charge in [-0.15, -0.1) is 6.58 Å². The number of benzene rings is 2. The van der Waals surface area contributed by atoms with E-state index in [9.17, 15) is 10.1 Å². The highest BCUT2D eigenvalue weighted by Crippen LogP contribution is 2.26. The molecule has 0 saturated carbocycles. The Morgan fingerprint density at radius 1 is 1.24 bits per heavy atom. The van der Waals surface area contributed by atoms with Crippen LogP contribution in [0.4, 0.5) is 5.69 Å². The van der Waals surface area contributed by atoms with Gasteiger partial charge in [0.25, 0.3) is 5.69 Å². The number of oxazole rings is 1. The summed E-state index contributed by atoms with van der Waals surface area (Å²) in [4.78, 5) is 14.7. The molecule has 0 N–H and O–H groups in total. The van der Waals surface area contributed by atoms with Crippen molar-refractivity contribution in [3.63, 3.8) is 0 Å². The van der Waals surface area contributed by atoms with Gasteiger partial charge in [0, 0.05) is 23.3 Å². The van der Waals surface area contributed by atoms with E-state index in [0.29, 0.717) is 29.4 Å². The molecule has 3 aromatic rings. The second-order valence-electron chi connectivity index (χ2n) is 5.31. The maximum Gasteiger partial charge on any atom is 0.269 e. The predicted molar refractivity (Wildman–Crippen MR) is 93.3 cm³/mol. The standard InChI is InChI=1S/C19H16N2O4/c1-2-6-15-11-16(21(22)23)9-10-17(15)24-13-19-20-12-18(25-19)14-7-4-3-5-8-14/h2-5,7-12H,1,6,13H2. The fourth-order valence-corrected chi connectivity index (χ4v) is 2.39. The molecule has 0 unspecified atom stereocenters. The fourth-order valence-electron chi connectivity index (χ4n) is 2.39. The van der Waals surface area contributed by atoms with Crippen LogP contribution in [0.5, 0.6) is 5.75 Å². The van der Waals surface area contributed by atoms with Gasteiger partial charge < -0.3 is 9.15 Å². The SMILES string of the molecule is C=CCc1cc([N+](=O)[O-])ccc1OCc1ncc(-c2ccccc2)o1. The molecule has 2 aromatic carbocycles. The number of nitro benzene ring substituents is 1. The summed E-state index contributed by atoms with van der Waals surface area (Å²) in [6.45, 7) is 3.80. The third-order valence-electron chi connectivity index (χ3n) is 3.58. The van der Waals surface area contributed by atoms with E-state index in [2.05, 4.69) is 11.6 Å². The molecule has 0 amide bonds. The van der Waals surface area contributed by atoms with Crippen molar-refractivity contribution in [3.05, 3.63) is 89.0 Å². The molecule has 25 heavy (non-hydrogen) atoms. The van der Waals surface area contributed by atoms with E-state index in [4.69, 9.17) is 9.15 Å². The van der Waals surface area contributed by atoms with Gasteiger partial charge >= 0.3 is 0 Å². The summed E-state index contributed by atoms with van der Waals surface area (Å²) < 4.78 is 11.4. The van der Waals surface area contributed by atoms with Crippen LogP contribution >= 0.6 is 0 Å². The number of nitrogens with zero attached hydrogens (tertiary/aromatic N) is 2. The van der Waals surface area contributed by atoms with Gasteiger partial charge in [-0.25, -0.2) is 4.98 Å². The first-order valence-corrected chi connectivity index (χ1v) is 7.68. The summed E-state index contributed by atoms with van der Waals surface area (Å²) in [6, 6.07) is 14.1. The normalized spacial score (nSPS) is 10.4. The molecule has 0 bridgehead atoms. The summed E-state index contributed by atoms with van der Waals surface area (Å²) in [6.07, 6.45) is 3.79. The maximum atomic E-state index is 10.9. The lowest BCUT2D eigenvalue weighted by molar-refractivity contribution is -0.384. The summed E-state index contributed by atoms with van der Waals surface area (Å²) in [5.74, 6) is 1.64. The van der Waals surface area contributed by atoms with E-state index in [1.165, 1.54) is 12.1 Å². The molecular formula is C19H16N2O4. The smallest absolute Gasteiger partial charge is 0.269 e. The molecule has 0 spiro atoms. The van der Waals surface area contributed by atoms with E-state index in [1.54, 1.807) is 18.3 Å². The van der Waals surface area contributed by atoms with Crippen molar-refractivity contribution in [1.82, 2.24) is 4.98 Å². The Kier molecular flexibility index (Phi) is 4.89. The highest BCUT2D eigenvalue weighted by molar-refractivity contribution is 5.55. The molecule has 0 aliphatic carbocycles. The van der Waals surface area contributed by atoms with Crippen molar-refractivity contribution < 1.29 is 14.1 Å². The first-order valence-electron chi connectivity index (χ1n) is 7.68. The zero-order valence-electron chi connectivity index (χ0n) is 13.4. The average molecular weight is 336 g/mol. The number of rotatable bonds is 7. The van der Waals surface area contributed by atoms with Crippen molar-refractivity contribution in [2.24, 2.45) is 0 Å². The fraction of sp³-hybridized carbons (Fsp3) is 0.105. The summed E-state index contributed by atoms with van der Waals surface area (Å²) in [5.41, 5.74) is 1.65. The van der Waals surface area contributed by atoms with Gasteiger partial charge in [-0.05, 0) is 12.5 Å². The van der Waals surface area contributed by atoms with Crippen LogP contribution in [0.25, 0.3) is 11.3 Å². The zero-order valence-corrected chi connectivity index (χ0v) is 13.4. The zero-order chi connectivity index (χ0) is 17.6. The predicted octanol–water partition coefficient (Wildman–Crippen LogP) is 4.56. The lowest BCUT2D eigenvalue weighted by atomic mass is 10.1. The Morgan fingerprint density at radius 2 is 2.04 bits per heavy atom. The molecule has 0 fully saturated rings. The summed E-state index contributed by atoms with van der Waals surface area (Å²) in [7, 11) is 0. The molecule has 6 nitrogen and oxygen atoms in total. The second kappa shape index (κ2) is 7.44. The van der Waals surface area contributed by atoms with Crippen LogP contribution < -0.4 is 4.74 Å². The molecule has 1 aromatic heterocycles. The third kappa shape index (κ3) is 3.92. The minimum atomic E-state index is -0.434. The average Bonchev–Trinajstić information content (AvgIpc) is 3.10. The quantitative estimate of drug-likeness (QED) is 0.359. The van der Waals surface area contributed by atoms with Gasteiger partial charge in [-0.1, -0.05) is 36.4 Å². The van der Waals surface area contributed by atoms with Crippen molar-refractivity contribution in [3.8, 4) is 17.1 Å². The minimum absolute atomic E-state index is 0.0201. The van der Waals surface area contributed by atoms with E-state index in [0.717, 1.165) is 5.56 Å². The van der Waals surface area contributed by atoms with Gasteiger partial charge in [0.1, 0.15) is 5.75 Å². The number of aromatic nitrogens is 1. The van der Waals surface area contributed by atoms with Gasteiger partial charge in [0.15, 0.2) is 12.4 Å². The number of hydrogen-bond acceptors (Lipinski definition) is 5. The van der Waals surface area contributed by atoms with Crippen LogP contribution in [0.2, 0.25) is 0 Å². The molecule has 0 atom stereocenters. The topological polar surface area (TPSA) is 78.4 Å². The number of allylic oxidation sites excluding steroid dienone is 1. The van der Waals surface area contributed by atoms with E-state index >= 15 is 0 Å². The molecule has 3 rings (SSSR count). The Morgan fingerprint density at radius 3 is 2.76 bits per heavy atom. The lowest BCUT2D eigenvalue weighted by Gasteiger charge is -2.08. The lowest BCUT2D eigenvalue weighted by Crippen LogP contribution is -1.99. The molecule has 0 saturated heterocycles. The van der Waals surface area contributed by atoms with Gasteiger partial charge in [0.05, 0.1) is 11.1 Å². The Hall–Kier alpha value is -3.41. The largest absolute Gasteiger partial charge is 0.484 e. The Labute approximate surface area is 144 Å². The van der Waals surface area contributed by atoms with Crippen molar-refractivity contribution in [2.45, 2.75) is 13.0 Å². The number of nitro groups is 1. The van der Waals surface area contributed by atoms with Crippen LogP contribution in [-0.2, 0) is 13.0 Å². The first-order chi connectivity index (χ1) is 12.2. The summed E-state index contributed by atoms with van der Waals surface area (Å²) in [5, 5.41) is 10.9. The molecule has 0 radical (unpaired) electrons. The minimum Gasteiger partial charge on any atom is -0.484 e. The maximum absolute atomic E-state index is 10.9. The molecule has 126 valence electrons. The molecule has 1 heterocycles. The number of non-ortho nitro benzene ring substituents is 1. The van der Waals surface area contributed by atoms with Gasteiger partial charge in [-0.2, -0.15) is 0 Å². The van der Waals surface area contributed by atoms with Crippen molar-refractivity contribution in [2.75, 3.05) is 0 Å². The second-order valence-corrected chi connectivity index (χ2v) is 5.31. The molecular weight excluding hydrogens is 320 g/mol. The molecule has 6 heteroatoms. The van der Waals surface area contributed by atoms with E-state index < -0.39 is 4.92 Å². The summed E-state index contributed by atoms with van der Waals surface area (Å²) >= 11 is 0. The van der Waals surface area contributed by atoms with Crippen LogP contribution in [0.1, 0.15) is 11.5 Å². The van der Waals surface area contributed by atoms with Crippen molar-refractivity contribution in [1.29, 1.82) is 0 Å².